The molecule has 0 rings (SSSR count). The molecule has 3 N–H and O–H groups in total. The third kappa shape index (κ3) is 10.7. The van der Waals surface area contributed by atoms with Crippen molar-refractivity contribution < 1.29 is 14.7 Å². The molecule has 0 saturated carbocycles. The molecule has 0 bridgehead atoms. The van der Waals surface area contributed by atoms with E-state index in [0.717, 1.165) is 0 Å². The van der Waals surface area contributed by atoms with Gasteiger partial charge in [0.2, 0.25) is 0 Å². The SMILES string of the molecule is CCOB([O-])[O-].N. The number of hydrogen-bond donors (Lipinski definition) is 1. The van der Waals surface area contributed by atoms with E-state index in [4.69, 9.17) is 0 Å². The minimum absolute atomic E-state index is 0. The highest BCUT2D eigenvalue weighted by atomic mass is 16.6. The lowest BCUT2D eigenvalue weighted by Gasteiger charge is -2.24. The van der Waals surface area contributed by atoms with Crippen molar-refractivity contribution in [2.75, 3.05) is 6.61 Å². The molecule has 0 fully saturated rings. The fraction of sp³-hybridized carbons (Fsp3) is 1.00. The molecule has 0 saturated heterocycles. The Kier molecular flexibility index (Phi) is 8.44. The molecule has 5 heteroatoms. The fourth-order valence-electron chi connectivity index (χ4n) is 0.136. The third-order valence-corrected chi connectivity index (χ3v) is 0.303. The van der Waals surface area contributed by atoms with Crippen molar-refractivity contribution in [3.63, 3.8) is 0 Å². The summed E-state index contributed by atoms with van der Waals surface area (Å²) in [6, 6.07) is 0. The van der Waals surface area contributed by atoms with Gasteiger partial charge in [0.15, 0.2) is 0 Å². The highest BCUT2D eigenvalue weighted by Gasteiger charge is 1.67. The smallest absolute Gasteiger partial charge is 0.0604 e. The van der Waals surface area contributed by atoms with Crippen LogP contribution in [0.2, 0.25) is 0 Å². The first-order chi connectivity index (χ1) is 2.77. The van der Waals surface area contributed by atoms with E-state index in [1.807, 2.05) is 0 Å². The van der Waals surface area contributed by atoms with Crippen LogP contribution in [0.3, 0.4) is 0 Å². The van der Waals surface area contributed by atoms with E-state index in [1.165, 1.54) is 0 Å². The predicted molar refractivity (Wildman–Crippen MR) is 22.4 cm³/mol. The maximum atomic E-state index is 9.35. The van der Waals surface area contributed by atoms with E-state index in [1.54, 1.807) is 6.92 Å². The van der Waals surface area contributed by atoms with Gasteiger partial charge in [-0.15, -0.1) is 0 Å². The highest BCUT2D eigenvalue weighted by molar-refractivity contribution is 6.28. The summed E-state index contributed by atoms with van der Waals surface area (Å²) in [6.45, 7) is 1.81. The van der Waals surface area contributed by atoms with Gasteiger partial charge in [0, 0.05) is 6.61 Å². The Morgan fingerprint density at radius 2 is 2.00 bits per heavy atom. The molecule has 7 heavy (non-hydrogen) atoms. The number of hydrogen-bond acceptors (Lipinski definition) is 4. The molecule has 0 amide bonds. The maximum absolute atomic E-state index is 9.35. The molecule has 4 nitrogen and oxygen atoms in total. The molecule has 0 aliphatic rings. The van der Waals surface area contributed by atoms with Gasteiger partial charge in [0.1, 0.15) is 0 Å². The zero-order chi connectivity index (χ0) is 4.99. The van der Waals surface area contributed by atoms with Gasteiger partial charge in [-0.1, -0.05) is 0 Å². The van der Waals surface area contributed by atoms with Crippen molar-refractivity contribution in [2.45, 2.75) is 6.92 Å². The Labute approximate surface area is 42.9 Å². The van der Waals surface area contributed by atoms with Crippen molar-refractivity contribution in [1.29, 1.82) is 0 Å². The van der Waals surface area contributed by atoms with E-state index in [-0.39, 0.29) is 12.8 Å². The molecule has 0 unspecified atom stereocenters. The zero-order valence-electron chi connectivity index (χ0n) is 4.22. The van der Waals surface area contributed by atoms with Gasteiger partial charge in [0.25, 0.3) is 0 Å². The molecule has 0 aromatic carbocycles. The molecule has 0 atom stereocenters. The summed E-state index contributed by atoms with van der Waals surface area (Å²) in [6.07, 6.45) is 0. The van der Waals surface area contributed by atoms with E-state index < -0.39 is 7.32 Å². The van der Waals surface area contributed by atoms with Crippen LogP contribution in [0.15, 0.2) is 0 Å². The molecule has 0 radical (unpaired) electrons. The van der Waals surface area contributed by atoms with Crippen molar-refractivity contribution in [1.82, 2.24) is 6.15 Å². The molecule has 0 aliphatic heterocycles. The van der Waals surface area contributed by atoms with Crippen LogP contribution < -0.4 is 16.2 Å². The standard InChI is InChI=1S/C2H5BO3.H3N/c1-2-6-3(4)5;/h2H2,1H3;1H3/q-2;. The molecular formula is C2H8BNO3-2. The van der Waals surface area contributed by atoms with Gasteiger partial charge in [-0.05, 0) is 6.92 Å². The van der Waals surface area contributed by atoms with Crippen LogP contribution in [0.5, 0.6) is 0 Å². The lowest BCUT2D eigenvalue weighted by atomic mass is 10.3. The Bertz CT molecular complexity index is 34.1. The van der Waals surface area contributed by atoms with Crippen LogP contribution in [-0.4, -0.2) is 13.9 Å². The largest absolute Gasteiger partial charge is 0.871 e. The molecule has 0 aliphatic carbocycles. The van der Waals surface area contributed by atoms with Crippen molar-refractivity contribution in [2.24, 2.45) is 0 Å². The van der Waals surface area contributed by atoms with Gasteiger partial charge in [-0.3, -0.25) is 0 Å². The number of rotatable bonds is 2. The van der Waals surface area contributed by atoms with E-state index in [9.17, 15) is 10.0 Å². The summed E-state index contributed by atoms with van der Waals surface area (Å²) < 4.78 is 3.93. The topological polar surface area (TPSA) is 90.3 Å². The average molecular weight is 105 g/mol. The first kappa shape index (κ1) is 10.0. The molecule has 0 aromatic heterocycles. The summed E-state index contributed by atoms with van der Waals surface area (Å²) in [5.74, 6) is 0. The minimum Gasteiger partial charge on any atom is -0.871 e. The third-order valence-electron chi connectivity index (χ3n) is 0.303. The van der Waals surface area contributed by atoms with Gasteiger partial charge in [-0.2, -0.15) is 0 Å². The van der Waals surface area contributed by atoms with Gasteiger partial charge in [0.05, 0.1) is 7.32 Å². The first-order valence-corrected chi connectivity index (χ1v) is 1.70. The Hall–Kier alpha value is -0.0951. The summed E-state index contributed by atoms with van der Waals surface area (Å²) in [4.78, 5) is 0. The van der Waals surface area contributed by atoms with Gasteiger partial charge < -0.3 is 20.9 Å². The lowest BCUT2D eigenvalue weighted by Crippen LogP contribution is -2.47. The van der Waals surface area contributed by atoms with Crippen LogP contribution in [0.4, 0.5) is 0 Å². The summed E-state index contributed by atoms with van der Waals surface area (Å²) in [5, 5.41) is 18.7. The van der Waals surface area contributed by atoms with Crippen LogP contribution >= 0.6 is 0 Å². The average Bonchev–Trinajstić information content (AvgIpc) is 1.35. The second-order valence-corrected chi connectivity index (χ2v) is 0.744. The minimum atomic E-state index is -2.10. The van der Waals surface area contributed by atoms with E-state index >= 15 is 0 Å². The summed E-state index contributed by atoms with van der Waals surface area (Å²) in [7, 11) is -2.10. The Balaban J connectivity index is 0. The van der Waals surface area contributed by atoms with E-state index in [0.29, 0.717) is 0 Å². The van der Waals surface area contributed by atoms with Crippen LogP contribution in [-0.2, 0) is 4.65 Å². The summed E-state index contributed by atoms with van der Waals surface area (Å²) in [5.41, 5.74) is 0. The zero-order valence-corrected chi connectivity index (χ0v) is 4.22. The van der Waals surface area contributed by atoms with Crippen LogP contribution in [0.25, 0.3) is 0 Å². The molecule has 44 valence electrons. The Morgan fingerprint density at radius 1 is 1.57 bits per heavy atom. The maximum Gasteiger partial charge on any atom is 0.0604 e. The molecule has 0 heterocycles. The summed E-state index contributed by atoms with van der Waals surface area (Å²) >= 11 is 0. The predicted octanol–water partition coefficient (Wildman–Crippen LogP) is -2.11. The van der Waals surface area contributed by atoms with Gasteiger partial charge in [-0.25, -0.2) is 0 Å². The molecule has 0 spiro atoms. The van der Waals surface area contributed by atoms with Crippen LogP contribution in [0, 0.1) is 0 Å². The van der Waals surface area contributed by atoms with Crippen LogP contribution in [0.1, 0.15) is 6.92 Å². The first-order valence-electron chi connectivity index (χ1n) is 1.70. The lowest BCUT2D eigenvalue weighted by molar-refractivity contribution is -0.381. The normalized spacial score (nSPS) is 7.29. The molecule has 0 aromatic rings. The molecular weight excluding hydrogens is 96.8 g/mol. The van der Waals surface area contributed by atoms with Crippen molar-refractivity contribution in [3.8, 4) is 0 Å². The quantitative estimate of drug-likeness (QED) is 0.407. The Morgan fingerprint density at radius 3 is 2.00 bits per heavy atom. The monoisotopic (exact) mass is 105 g/mol. The highest BCUT2D eigenvalue weighted by Crippen LogP contribution is 1.61. The second-order valence-electron chi connectivity index (χ2n) is 0.744. The van der Waals surface area contributed by atoms with E-state index in [2.05, 4.69) is 4.65 Å². The fourth-order valence-corrected chi connectivity index (χ4v) is 0.136. The van der Waals surface area contributed by atoms with Crippen molar-refractivity contribution in [3.05, 3.63) is 0 Å². The van der Waals surface area contributed by atoms with Crippen molar-refractivity contribution >= 4 is 7.32 Å². The second kappa shape index (κ2) is 5.90. The van der Waals surface area contributed by atoms with Gasteiger partial charge >= 0.3 is 0 Å².